The largest absolute Gasteiger partial charge is 0.494 e. The van der Waals surface area contributed by atoms with Crippen molar-refractivity contribution in [1.29, 1.82) is 0 Å². The van der Waals surface area contributed by atoms with Crippen molar-refractivity contribution in [1.82, 2.24) is 15.3 Å². The number of nitrogens with zero attached hydrogens (tertiary/aromatic N) is 2. The van der Waals surface area contributed by atoms with Crippen molar-refractivity contribution in [2.75, 3.05) is 20.3 Å². The number of methoxy groups -OCH3 is 1. The van der Waals surface area contributed by atoms with Crippen molar-refractivity contribution in [3.63, 3.8) is 0 Å². The van der Waals surface area contributed by atoms with Crippen LogP contribution in [0.2, 0.25) is 0 Å². The van der Waals surface area contributed by atoms with Gasteiger partial charge < -0.3 is 25.6 Å². The molecule has 190 valence electrons. The molecule has 3 heterocycles. The molecule has 2 aromatic heterocycles. The number of fused-ring (bicyclic) bond motifs is 2. The van der Waals surface area contributed by atoms with Gasteiger partial charge in [-0.2, -0.15) is 0 Å². The van der Waals surface area contributed by atoms with Crippen molar-refractivity contribution in [3.05, 3.63) is 83.4 Å². The van der Waals surface area contributed by atoms with Gasteiger partial charge in [-0.3, -0.25) is 9.78 Å². The highest BCUT2D eigenvalue weighted by Gasteiger charge is 2.38. The van der Waals surface area contributed by atoms with E-state index in [-0.39, 0.29) is 19.0 Å². The van der Waals surface area contributed by atoms with Crippen LogP contribution in [0.15, 0.2) is 60.8 Å². The van der Waals surface area contributed by atoms with Gasteiger partial charge in [0.25, 0.3) is 5.91 Å². The highest BCUT2D eigenvalue weighted by molar-refractivity contribution is 5.99. The number of nitrogens with two attached hydrogens (primary N) is 1. The summed E-state index contributed by atoms with van der Waals surface area (Å²) in [5.41, 5.74) is 7.15. The number of aliphatic hydroxyl groups is 1. The van der Waals surface area contributed by atoms with Crippen molar-refractivity contribution in [3.8, 4) is 22.8 Å². The van der Waals surface area contributed by atoms with Gasteiger partial charge in [-0.1, -0.05) is 6.07 Å². The minimum atomic E-state index is -1.55. The number of hydrogen-bond acceptors (Lipinski definition) is 7. The third-order valence-corrected chi connectivity index (χ3v) is 6.52. The molecule has 4 N–H and O–H groups in total. The Bertz CT molecular complexity index is 1500. The number of ether oxygens (including phenoxy) is 2. The second-order valence-electron chi connectivity index (χ2n) is 9.66. The van der Waals surface area contributed by atoms with Gasteiger partial charge in [-0.15, -0.1) is 0 Å². The lowest BCUT2D eigenvalue weighted by atomic mass is 9.90. The van der Waals surface area contributed by atoms with Crippen LogP contribution in [0.1, 0.15) is 35.5 Å². The average molecular weight is 503 g/mol. The van der Waals surface area contributed by atoms with E-state index in [1.165, 1.54) is 19.2 Å². The summed E-state index contributed by atoms with van der Waals surface area (Å²) in [7, 11) is 1.52. The summed E-state index contributed by atoms with van der Waals surface area (Å²) in [6, 6.07) is 14.5. The molecule has 1 aliphatic heterocycles. The van der Waals surface area contributed by atoms with Gasteiger partial charge in [0, 0.05) is 28.3 Å². The average Bonchev–Trinajstić information content (AvgIpc) is 3.21. The number of benzene rings is 2. The Morgan fingerprint density at radius 3 is 2.76 bits per heavy atom. The van der Waals surface area contributed by atoms with Crippen LogP contribution in [-0.4, -0.2) is 41.2 Å². The molecule has 5 rings (SSSR count). The summed E-state index contributed by atoms with van der Waals surface area (Å²) < 4.78 is 24.8. The van der Waals surface area contributed by atoms with E-state index in [4.69, 9.17) is 15.2 Å². The second-order valence-corrected chi connectivity index (χ2v) is 9.66. The first-order valence-electron chi connectivity index (χ1n) is 11.8. The topological polar surface area (TPSA) is 120 Å². The minimum Gasteiger partial charge on any atom is -0.494 e. The van der Waals surface area contributed by atoms with Crippen LogP contribution >= 0.6 is 0 Å². The molecule has 8 nitrogen and oxygen atoms in total. The number of amides is 1. The van der Waals surface area contributed by atoms with E-state index in [0.29, 0.717) is 45.1 Å². The fourth-order valence-corrected chi connectivity index (χ4v) is 4.37. The fraction of sp³-hybridized carbons (Fsp3) is 0.250. The third kappa shape index (κ3) is 4.59. The molecule has 0 bridgehead atoms. The van der Waals surface area contributed by atoms with E-state index in [9.17, 15) is 14.3 Å². The van der Waals surface area contributed by atoms with Crippen LogP contribution in [0, 0.1) is 5.82 Å². The van der Waals surface area contributed by atoms with E-state index in [0.717, 1.165) is 5.39 Å². The quantitative estimate of drug-likeness (QED) is 0.368. The molecular weight excluding hydrogens is 475 g/mol. The van der Waals surface area contributed by atoms with Crippen LogP contribution in [0.25, 0.3) is 22.2 Å². The van der Waals surface area contributed by atoms with E-state index in [2.05, 4.69) is 15.3 Å². The molecule has 1 amide bonds. The van der Waals surface area contributed by atoms with Crippen LogP contribution in [0.5, 0.6) is 11.5 Å². The van der Waals surface area contributed by atoms with Crippen molar-refractivity contribution < 1.29 is 23.8 Å². The molecule has 9 heteroatoms. The first kappa shape index (κ1) is 24.6. The van der Waals surface area contributed by atoms with Gasteiger partial charge >= 0.3 is 0 Å². The van der Waals surface area contributed by atoms with Crippen molar-refractivity contribution >= 4 is 16.8 Å². The van der Waals surface area contributed by atoms with E-state index in [1.54, 1.807) is 49.5 Å². The summed E-state index contributed by atoms with van der Waals surface area (Å²) >= 11 is 0. The number of rotatable bonds is 6. The standard InChI is InChI=1S/C28H27FN4O4/c1-27(30)15-37-25-20(27)13-22(33-24(25)16-6-8-19(29)9-7-16)28(2,35)14-32-26(34)18-11-17-5-4-10-31-23(17)21(12-18)36-3/h4-13,35H,14-15,30H2,1-3H3,(H,32,34)/t27-,28?/m0/s1. The van der Waals surface area contributed by atoms with Gasteiger partial charge in [0.15, 0.2) is 5.75 Å². The molecule has 0 aliphatic carbocycles. The van der Waals surface area contributed by atoms with E-state index < -0.39 is 17.0 Å². The van der Waals surface area contributed by atoms with E-state index >= 15 is 0 Å². The Kier molecular flexibility index (Phi) is 6.05. The molecule has 1 unspecified atom stereocenters. The number of hydrogen-bond donors (Lipinski definition) is 3. The maximum absolute atomic E-state index is 13.6. The molecule has 0 saturated heterocycles. The Balaban J connectivity index is 1.46. The zero-order valence-corrected chi connectivity index (χ0v) is 20.7. The molecule has 2 atom stereocenters. The summed E-state index contributed by atoms with van der Waals surface area (Å²) in [6.45, 7) is 3.50. The number of nitrogens with one attached hydrogen (secondary N) is 1. The number of carbonyl (C=O) groups excluding carboxylic acids is 1. The Morgan fingerprint density at radius 1 is 1.27 bits per heavy atom. The number of halogens is 1. The molecule has 0 radical (unpaired) electrons. The molecule has 1 aliphatic rings. The predicted octanol–water partition coefficient (Wildman–Crippen LogP) is 3.65. The number of pyridine rings is 2. The third-order valence-electron chi connectivity index (χ3n) is 6.52. The highest BCUT2D eigenvalue weighted by Crippen LogP contribution is 2.43. The van der Waals surface area contributed by atoms with Gasteiger partial charge in [0.2, 0.25) is 0 Å². The van der Waals surface area contributed by atoms with Crippen molar-refractivity contribution in [2.24, 2.45) is 5.73 Å². The number of carbonyl (C=O) groups is 1. The normalized spacial score (nSPS) is 18.1. The van der Waals surface area contributed by atoms with Gasteiger partial charge in [0.05, 0.1) is 24.9 Å². The number of aromatic nitrogens is 2. The van der Waals surface area contributed by atoms with Gasteiger partial charge in [-0.05, 0) is 62.4 Å². The van der Waals surface area contributed by atoms with Crippen molar-refractivity contribution in [2.45, 2.75) is 25.0 Å². The zero-order valence-electron chi connectivity index (χ0n) is 20.7. The smallest absolute Gasteiger partial charge is 0.251 e. The maximum Gasteiger partial charge on any atom is 0.251 e. The molecule has 4 aromatic rings. The Labute approximate surface area is 213 Å². The predicted molar refractivity (Wildman–Crippen MR) is 137 cm³/mol. The summed E-state index contributed by atoms with van der Waals surface area (Å²) in [6.07, 6.45) is 1.66. The summed E-state index contributed by atoms with van der Waals surface area (Å²) in [5, 5.41) is 15.0. The van der Waals surface area contributed by atoms with Crippen LogP contribution in [0.4, 0.5) is 4.39 Å². The fourth-order valence-electron chi connectivity index (χ4n) is 4.37. The summed E-state index contributed by atoms with van der Waals surface area (Å²) in [4.78, 5) is 22.0. The Hall–Kier alpha value is -4.08. The van der Waals surface area contributed by atoms with Crippen LogP contribution in [-0.2, 0) is 11.1 Å². The van der Waals surface area contributed by atoms with Crippen LogP contribution in [0.3, 0.4) is 0 Å². The monoisotopic (exact) mass is 502 g/mol. The summed E-state index contributed by atoms with van der Waals surface area (Å²) in [5.74, 6) is 0.201. The van der Waals surface area contributed by atoms with Gasteiger partial charge in [-0.25, -0.2) is 9.37 Å². The molecule has 2 aromatic carbocycles. The second kappa shape index (κ2) is 9.10. The minimum absolute atomic E-state index is 0.129. The van der Waals surface area contributed by atoms with E-state index in [1.807, 2.05) is 13.0 Å². The SMILES string of the molecule is COc1cc(C(=O)NCC(C)(O)c2cc3c(c(-c4ccc(F)cc4)n2)OC[C@]3(C)N)cc2cccnc12. The molecular formula is C28H27FN4O4. The molecule has 0 saturated carbocycles. The molecule has 0 fully saturated rings. The molecule has 37 heavy (non-hydrogen) atoms. The lowest BCUT2D eigenvalue weighted by Gasteiger charge is -2.26. The lowest BCUT2D eigenvalue weighted by Crippen LogP contribution is -2.40. The zero-order chi connectivity index (χ0) is 26.4. The first-order valence-corrected chi connectivity index (χ1v) is 11.8. The lowest BCUT2D eigenvalue weighted by molar-refractivity contribution is 0.0489. The first-order chi connectivity index (χ1) is 17.6. The maximum atomic E-state index is 13.6. The van der Waals surface area contributed by atoms with Crippen LogP contribution < -0.4 is 20.5 Å². The molecule has 0 spiro atoms. The van der Waals surface area contributed by atoms with Gasteiger partial charge in [0.1, 0.15) is 35.0 Å². The Morgan fingerprint density at radius 2 is 2.03 bits per heavy atom. The highest BCUT2D eigenvalue weighted by atomic mass is 19.1.